The average molecular weight is 346 g/mol. The minimum atomic E-state index is -0.831. The van der Waals surface area contributed by atoms with Crippen molar-refractivity contribution in [2.24, 2.45) is 5.92 Å². The second kappa shape index (κ2) is 6.88. The van der Waals surface area contributed by atoms with Gasteiger partial charge in [-0.2, -0.15) is 0 Å². The number of carbonyl (C=O) groups is 2. The normalized spacial score (nSPS) is 16.8. The fraction of sp³-hybridized carbons (Fsp3) is 0.222. The highest BCUT2D eigenvalue weighted by atomic mass is 19.1. The topological polar surface area (TPSA) is 58.6 Å². The number of halogens is 2. The summed E-state index contributed by atoms with van der Waals surface area (Å²) in [5.41, 5.74) is 0.108. The van der Waals surface area contributed by atoms with Gasteiger partial charge in [-0.05, 0) is 24.3 Å². The molecule has 0 spiro atoms. The van der Waals surface area contributed by atoms with Crippen LogP contribution in [0, 0.1) is 17.6 Å². The molecule has 3 rings (SSSR count). The molecule has 0 saturated carbocycles. The summed E-state index contributed by atoms with van der Waals surface area (Å²) in [5.74, 6) is -2.66. The summed E-state index contributed by atoms with van der Waals surface area (Å²) >= 11 is 0. The Labute approximate surface area is 143 Å². The van der Waals surface area contributed by atoms with E-state index in [4.69, 9.17) is 4.74 Å². The molecule has 0 aromatic heterocycles. The Morgan fingerprint density at radius 1 is 1.20 bits per heavy atom. The zero-order chi connectivity index (χ0) is 18.0. The van der Waals surface area contributed by atoms with Crippen LogP contribution in [0.1, 0.15) is 6.42 Å². The second-order valence-electron chi connectivity index (χ2n) is 5.70. The molecule has 7 heteroatoms. The number of nitrogens with zero attached hydrogens (tertiary/aromatic N) is 1. The number of ether oxygens (including phenoxy) is 1. The van der Waals surface area contributed by atoms with Crippen molar-refractivity contribution in [3.05, 3.63) is 54.1 Å². The number of para-hydroxylation sites is 1. The van der Waals surface area contributed by atoms with Crippen molar-refractivity contribution in [3.8, 4) is 5.75 Å². The Morgan fingerprint density at radius 2 is 1.88 bits per heavy atom. The number of amides is 2. The third-order valence-electron chi connectivity index (χ3n) is 4.04. The van der Waals surface area contributed by atoms with Crippen molar-refractivity contribution in [2.75, 3.05) is 23.9 Å². The zero-order valence-corrected chi connectivity index (χ0v) is 13.5. The van der Waals surface area contributed by atoms with Crippen molar-refractivity contribution in [1.29, 1.82) is 0 Å². The molecule has 0 radical (unpaired) electrons. The van der Waals surface area contributed by atoms with Gasteiger partial charge in [0.25, 0.3) is 0 Å². The molecule has 1 aliphatic heterocycles. The van der Waals surface area contributed by atoms with Crippen molar-refractivity contribution in [1.82, 2.24) is 0 Å². The number of methoxy groups -OCH3 is 1. The highest BCUT2D eigenvalue weighted by molar-refractivity contribution is 6.03. The summed E-state index contributed by atoms with van der Waals surface area (Å²) in [7, 11) is 1.51. The summed E-state index contributed by atoms with van der Waals surface area (Å²) in [6.07, 6.45) is -0.108. The largest absolute Gasteiger partial charge is 0.497 e. The smallest absolute Gasteiger partial charge is 0.229 e. The van der Waals surface area contributed by atoms with Gasteiger partial charge in [-0.15, -0.1) is 0 Å². The predicted molar refractivity (Wildman–Crippen MR) is 88.4 cm³/mol. The Hall–Kier alpha value is -2.96. The van der Waals surface area contributed by atoms with Gasteiger partial charge in [-0.1, -0.05) is 12.1 Å². The molecule has 25 heavy (non-hydrogen) atoms. The number of benzene rings is 2. The van der Waals surface area contributed by atoms with Gasteiger partial charge in [-0.25, -0.2) is 8.78 Å². The van der Waals surface area contributed by atoms with E-state index in [1.807, 2.05) is 0 Å². The number of hydrogen-bond acceptors (Lipinski definition) is 3. The van der Waals surface area contributed by atoms with Gasteiger partial charge in [0.2, 0.25) is 11.8 Å². The van der Waals surface area contributed by atoms with E-state index in [1.165, 1.54) is 13.2 Å². The van der Waals surface area contributed by atoms with E-state index in [2.05, 4.69) is 5.32 Å². The minimum absolute atomic E-state index is 0.0769. The summed E-state index contributed by atoms with van der Waals surface area (Å²) in [5, 5.41) is 2.70. The van der Waals surface area contributed by atoms with Gasteiger partial charge in [0, 0.05) is 24.7 Å². The maximum atomic E-state index is 13.9. The molecular formula is C18H16F2N2O3. The molecule has 130 valence electrons. The first-order valence-electron chi connectivity index (χ1n) is 7.69. The van der Waals surface area contributed by atoms with E-state index in [-0.39, 0.29) is 18.9 Å². The van der Waals surface area contributed by atoms with Gasteiger partial charge in [0.1, 0.15) is 23.1 Å². The van der Waals surface area contributed by atoms with Crippen LogP contribution in [0.25, 0.3) is 0 Å². The van der Waals surface area contributed by atoms with E-state index < -0.39 is 29.1 Å². The van der Waals surface area contributed by atoms with Gasteiger partial charge in [0.15, 0.2) is 0 Å². The number of carbonyl (C=O) groups excluding carboxylic acids is 2. The molecule has 0 bridgehead atoms. The first-order chi connectivity index (χ1) is 12.0. The van der Waals surface area contributed by atoms with Gasteiger partial charge in [0.05, 0.1) is 13.0 Å². The van der Waals surface area contributed by atoms with E-state index >= 15 is 0 Å². The lowest BCUT2D eigenvalue weighted by Crippen LogP contribution is -2.29. The van der Waals surface area contributed by atoms with Gasteiger partial charge >= 0.3 is 0 Å². The van der Waals surface area contributed by atoms with Crippen LogP contribution in [0.2, 0.25) is 0 Å². The summed E-state index contributed by atoms with van der Waals surface area (Å²) in [4.78, 5) is 25.5. The van der Waals surface area contributed by atoms with Crippen LogP contribution in [0.15, 0.2) is 42.5 Å². The molecule has 2 amide bonds. The molecule has 2 aromatic rings. The van der Waals surface area contributed by atoms with Crippen LogP contribution in [0.5, 0.6) is 5.75 Å². The lowest BCUT2D eigenvalue weighted by molar-refractivity contribution is -0.122. The van der Waals surface area contributed by atoms with Crippen LogP contribution >= 0.6 is 0 Å². The Bertz CT molecular complexity index is 805. The standard InChI is InChI=1S/C18H16F2N2O3/c1-25-13-5-2-4-12(9-13)21-18(24)11-8-16(23)22(10-11)17-14(19)6-3-7-15(17)20/h2-7,9,11H,8,10H2,1H3,(H,21,24). The van der Waals surface area contributed by atoms with Crippen LogP contribution in [-0.2, 0) is 9.59 Å². The lowest BCUT2D eigenvalue weighted by atomic mass is 10.1. The van der Waals surface area contributed by atoms with Crippen LogP contribution in [-0.4, -0.2) is 25.5 Å². The monoisotopic (exact) mass is 346 g/mol. The number of anilines is 2. The Kier molecular flexibility index (Phi) is 4.65. The molecule has 1 saturated heterocycles. The second-order valence-corrected chi connectivity index (χ2v) is 5.70. The van der Waals surface area contributed by atoms with Crippen molar-refractivity contribution in [3.63, 3.8) is 0 Å². The maximum absolute atomic E-state index is 13.9. The third kappa shape index (κ3) is 3.45. The quantitative estimate of drug-likeness (QED) is 0.926. The Morgan fingerprint density at radius 3 is 2.56 bits per heavy atom. The van der Waals surface area contributed by atoms with E-state index in [9.17, 15) is 18.4 Å². The molecule has 5 nitrogen and oxygen atoms in total. The molecule has 1 N–H and O–H groups in total. The highest BCUT2D eigenvalue weighted by Gasteiger charge is 2.37. The van der Waals surface area contributed by atoms with Crippen LogP contribution < -0.4 is 15.0 Å². The van der Waals surface area contributed by atoms with Crippen molar-refractivity contribution < 1.29 is 23.1 Å². The van der Waals surface area contributed by atoms with Gasteiger partial charge < -0.3 is 15.0 Å². The maximum Gasteiger partial charge on any atom is 0.229 e. The lowest BCUT2D eigenvalue weighted by Gasteiger charge is -2.18. The predicted octanol–water partition coefficient (Wildman–Crippen LogP) is 2.97. The fourth-order valence-electron chi connectivity index (χ4n) is 2.79. The third-order valence-corrected chi connectivity index (χ3v) is 4.04. The number of hydrogen-bond donors (Lipinski definition) is 1. The minimum Gasteiger partial charge on any atom is -0.497 e. The zero-order valence-electron chi connectivity index (χ0n) is 13.5. The molecule has 1 unspecified atom stereocenters. The SMILES string of the molecule is COc1cccc(NC(=O)C2CC(=O)N(c3c(F)cccc3F)C2)c1. The summed E-state index contributed by atoms with van der Waals surface area (Å²) in [6, 6.07) is 10.2. The number of nitrogens with one attached hydrogen (secondary N) is 1. The Balaban J connectivity index is 1.74. The molecule has 1 heterocycles. The molecule has 1 fully saturated rings. The first-order valence-corrected chi connectivity index (χ1v) is 7.69. The van der Waals surface area contributed by atoms with Gasteiger partial charge in [-0.3, -0.25) is 9.59 Å². The fourth-order valence-corrected chi connectivity index (χ4v) is 2.79. The first kappa shape index (κ1) is 16.9. The highest BCUT2D eigenvalue weighted by Crippen LogP contribution is 2.30. The average Bonchev–Trinajstić information content (AvgIpc) is 2.97. The van der Waals surface area contributed by atoms with Crippen LogP contribution in [0.4, 0.5) is 20.2 Å². The molecule has 1 atom stereocenters. The van der Waals surface area contributed by atoms with Crippen molar-refractivity contribution >= 4 is 23.2 Å². The van der Waals surface area contributed by atoms with Crippen LogP contribution in [0.3, 0.4) is 0 Å². The molecule has 1 aliphatic rings. The van der Waals surface area contributed by atoms with E-state index in [0.717, 1.165) is 17.0 Å². The molecular weight excluding hydrogens is 330 g/mol. The molecule has 0 aliphatic carbocycles. The van der Waals surface area contributed by atoms with E-state index in [1.54, 1.807) is 24.3 Å². The molecule has 2 aromatic carbocycles. The summed E-state index contributed by atoms with van der Waals surface area (Å²) in [6.45, 7) is -0.0769. The summed E-state index contributed by atoms with van der Waals surface area (Å²) < 4.78 is 32.9. The van der Waals surface area contributed by atoms with Crippen molar-refractivity contribution in [2.45, 2.75) is 6.42 Å². The van der Waals surface area contributed by atoms with E-state index in [0.29, 0.717) is 11.4 Å². The number of rotatable bonds is 4.